The summed E-state index contributed by atoms with van der Waals surface area (Å²) in [5.41, 5.74) is 5.32. The fourth-order valence-corrected chi connectivity index (χ4v) is 4.25. The molecular weight excluding hydrogens is 370 g/mol. The highest BCUT2D eigenvalue weighted by Crippen LogP contribution is 2.40. The Balaban J connectivity index is 1.77. The number of hydrogen-bond acceptors (Lipinski definition) is 6. The Hall–Kier alpha value is -2.87. The molecule has 0 saturated carbocycles. The van der Waals surface area contributed by atoms with Crippen molar-refractivity contribution in [3.8, 4) is 0 Å². The molecule has 4 rings (SSSR count). The Morgan fingerprint density at radius 3 is 2.52 bits per heavy atom. The first kappa shape index (κ1) is 19.4. The van der Waals surface area contributed by atoms with E-state index in [1.165, 1.54) is 4.90 Å². The fraction of sp³-hybridized carbons (Fsp3) is 0.476. The number of nitrogens with zero attached hydrogens (tertiary/aromatic N) is 5. The van der Waals surface area contributed by atoms with Crippen LogP contribution in [-0.2, 0) is 9.53 Å². The Labute approximate surface area is 171 Å². The maximum atomic E-state index is 13.3. The standard InChI is InChI=1S/C21H27N5O3/c1-12-7-8-13(2)16(11-12)25-14(3)15(4)26-17-18(22-20(25)26)23(5)21(28)24(19(17)27)9-10-29-6/h7-8,11,17-18H,9-10H2,1-6H3. The average molecular weight is 397 g/mol. The number of carbonyl (C=O) groups excluding carboxylic acids is 2. The molecule has 0 aromatic heterocycles. The highest BCUT2D eigenvalue weighted by atomic mass is 16.5. The van der Waals surface area contributed by atoms with Gasteiger partial charge in [0.25, 0.3) is 5.91 Å². The van der Waals surface area contributed by atoms with E-state index in [9.17, 15) is 9.59 Å². The normalized spacial score (nSPS) is 23.9. The fourth-order valence-electron chi connectivity index (χ4n) is 4.25. The van der Waals surface area contributed by atoms with E-state index in [-0.39, 0.29) is 18.5 Å². The van der Waals surface area contributed by atoms with Crippen LogP contribution in [-0.4, -0.2) is 72.1 Å². The SMILES string of the molecule is COCCN1C(=O)C2C(N=C3N(c4cc(C)ccc4C)C(C)=C(C)N32)N(C)C1=O. The highest BCUT2D eigenvalue weighted by molar-refractivity contribution is 6.10. The maximum absolute atomic E-state index is 13.3. The van der Waals surface area contributed by atoms with E-state index in [1.54, 1.807) is 19.1 Å². The van der Waals surface area contributed by atoms with Crippen molar-refractivity contribution in [2.75, 3.05) is 32.2 Å². The van der Waals surface area contributed by atoms with Crippen molar-refractivity contribution in [2.24, 2.45) is 4.99 Å². The third-order valence-electron chi connectivity index (χ3n) is 6.02. The summed E-state index contributed by atoms with van der Waals surface area (Å²) in [4.78, 5) is 37.8. The summed E-state index contributed by atoms with van der Waals surface area (Å²) in [6.45, 7) is 8.70. The number of allylic oxidation sites excluding steroid dienone is 2. The van der Waals surface area contributed by atoms with Gasteiger partial charge in [0.1, 0.15) is 0 Å². The highest BCUT2D eigenvalue weighted by Gasteiger charge is 2.55. The smallest absolute Gasteiger partial charge is 0.328 e. The summed E-state index contributed by atoms with van der Waals surface area (Å²) in [6, 6.07) is 5.40. The van der Waals surface area contributed by atoms with E-state index in [2.05, 4.69) is 36.9 Å². The van der Waals surface area contributed by atoms with Gasteiger partial charge in [0.05, 0.1) is 18.8 Å². The van der Waals surface area contributed by atoms with Crippen molar-refractivity contribution in [2.45, 2.75) is 39.9 Å². The molecule has 3 heterocycles. The molecule has 1 fully saturated rings. The number of anilines is 1. The molecule has 8 nitrogen and oxygen atoms in total. The number of hydrogen-bond donors (Lipinski definition) is 0. The summed E-state index contributed by atoms with van der Waals surface area (Å²) in [7, 11) is 3.26. The summed E-state index contributed by atoms with van der Waals surface area (Å²) in [5, 5.41) is 0. The number of aliphatic imine (C=N–C) groups is 1. The van der Waals surface area contributed by atoms with E-state index in [1.807, 2.05) is 18.7 Å². The number of rotatable bonds is 4. The van der Waals surface area contributed by atoms with Crippen LogP contribution in [0.15, 0.2) is 34.6 Å². The lowest BCUT2D eigenvalue weighted by Gasteiger charge is -2.40. The van der Waals surface area contributed by atoms with Gasteiger partial charge >= 0.3 is 6.03 Å². The van der Waals surface area contributed by atoms with Gasteiger partial charge in [0, 0.05) is 25.6 Å². The molecule has 0 N–H and O–H groups in total. The van der Waals surface area contributed by atoms with Crippen molar-refractivity contribution in [3.63, 3.8) is 0 Å². The van der Waals surface area contributed by atoms with Crippen LogP contribution in [0.25, 0.3) is 0 Å². The second-order valence-electron chi connectivity index (χ2n) is 7.83. The molecule has 29 heavy (non-hydrogen) atoms. The molecule has 1 aromatic rings. The van der Waals surface area contributed by atoms with Crippen molar-refractivity contribution in [1.29, 1.82) is 0 Å². The molecule has 2 unspecified atom stereocenters. The predicted octanol–water partition coefficient (Wildman–Crippen LogP) is 2.28. The van der Waals surface area contributed by atoms with Gasteiger partial charge in [0.15, 0.2) is 12.2 Å². The van der Waals surface area contributed by atoms with Crippen LogP contribution >= 0.6 is 0 Å². The van der Waals surface area contributed by atoms with E-state index < -0.39 is 12.2 Å². The predicted molar refractivity (Wildman–Crippen MR) is 110 cm³/mol. The monoisotopic (exact) mass is 397 g/mol. The number of likely N-dealkylation sites (N-methyl/N-ethyl adjacent to an activating group) is 1. The Morgan fingerprint density at radius 2 is 1.83 bits per heavy atom. The van der Waals surface area contributed by atoms with E-state index in [0.29, 0.717) is 12.6 Å². The number of ether oxygens (including phenoxy) is 1. The second kappa shape index (κ2) is 6.88. The van der Waals surface area contributed by atoms with Gasteiger partial charge < -0.3 is 9.64 Å². The van der Waals surface area contributed by atoms with Gasteiger partial charge in [-0.2, -0.15) is 0 Å². The average Bonchev–Trinajstić information content (AvgIpc) is 3.18. The molecule has 0 aliphatic carbocycles. The molecule has 1 saturated heterocycles. The number of imide groups is 1. The second-order valence-corrected chi connectivity index (χ2v) is 7.83. The minimum absolute atomic E-state index is 0.230. The molecule has 0 bridgehead atoms. The van der Waals surface area contributed by atoms with Crippen LogP contribution in [0.1, 0.15) is 25.0 Å². The number of fused-ring (bicyclic) bond motifs is 3. The number of urea groups is 1. The molecule has 3 amide bonds. The number of carbonyl (C=O) groups is 2. The number of methoxy groups -OCH3 is 1. The first-order valence-electron chi connectivity index (χ1n) is 9.77. The molecule has 8 heteroatoms. The molecular formula is C21H27N5O3. The molecule has 154 valence electrons. The molecule has 0 radical (unpaired) electrons. The summed E-state index contributed by atoms with van der Waals surface area (Å²) < 4.78 is 5.09. The Kier molecular flexibility index (Phi) is 4.61. The van der Waals surface area contributed by atoms with Crippen molar-refractivity contribution >= 4 is 23.6 Å². The van der Waals surface area contributed by atoms with Crippen molar-refractivity contribution in [1.82, 2.24) is 14.7 Å². The molecule has 0 spiro atoms. The molecule has 2 atom stereocenters. The van der Waals surface area contributed by atoms with Gasteiger partial charge in [-0.05, 0) is 44.9 Å². The van der Waals surface area contributed by atoms with Gasteiger partial charge in [-0.3, -0.25) is 19.5 Å². The van der Waals surface area contributed by atoms with Gasteiger partial charge in [-0.1, -0.05) is 12.1 Å². The van der Waals surface area contributed by atoms with Crippen LogP contribution in [0.2, 0.25) is 0 Å². The van der Waals surface area contributed by atoms with Gasteiger partial charge in [-0.25, -0.2) is 9.79 Å². The minimum Gasteiger partial charge on any atom is -0.383 e. The molecule has 3 aliphatic rings. The first-order chi connectivity index (χ1) is 13.8. The number of guanidine groups is 1. The Bertz CT molecular complexity index is 954. The lowest BCUT2D eigenvalue weighted by Crippen LogP contribution is -2.65. The Morgan fingerprint density at radius 1 is 1.10 bits per heavy atom. The zero-order valence-electron chi connectivity index (χ0n) is 17.8. The summed E-state index contributed by atoms with van der Waals surface area (Å²) >= 11 is 0. The number of benzene rings is 1. The lowest BCUT2D eigenvalue weighted by molar-refractivity contribution is -0.137. The van der Waals surface area contributed by atoms with E-state index in [4.69, 9.17) is 9.73 Å². The van der Waals surface area contributed by atoms with Crippen LogP contribution in [0, 0.1) is 13.8 Å². The lowest BCUT2D eigenvalue weighted by atomic mass is 10.1. The van der Waals surface area contributed by atoms with E-state index >= 15 is 0 Å². The van der Waals surface area contributed by atoms with Crippen LogP contribution < -0.4 is 4.90 Å². The zero-order valence-corrected chi connectivity index (χ0v) is 17.8. The summed E-state index contributed by atoms with van der Waals surface area (Å²) in [6.07, 6.45) is -0.542. The topological polar surface area (TPSA) is 68.7 Å². The largest absolute Gasteiger partial charge is 0.383 e. The van der Waals surface area contributed by atoms with Crippen molar-refractivity contribution in [3.05, 3.63) is 40.7 Å². The van der Waals surface area contributed by atoms with Crippen LogP contribution in [0.3, 0.4) is 0 Å². The third kappa shape index (κ3) is 2.73. The van der Waals surface area contributed by atoms with Crippen LogP contribution in [0.4, 0.5) is 10.5 Å². The number of amides is 3. The van der Waals surface area contributed by atoms with E-state index in [0.717, 1.165) is 28.2 Å². The minimum atomic E-state index is -0.561. The number of aryl methyl sites for hydroxylation is 2. The molecule has 1 aromatic carbocycles. The van der Waals surface area contributed by atoms with Gasteiger partial charge in [0.2, 0.25) is 5.96 Å². The first-order valence-corrected chi connectivity index (χ1v) is 9.77. The maximum Gasteiger partial charge on any atom is 0.328 e. The third-order valence-corrected chi connectivity index (χ3v) is 6.02. The zero-order chi connectivity index (χ0) is 21.0. The van der Waals surface area contributed by atoms with Gasteiger partial charge in [-0.15, -0.1) is 0 Å². The molecule has 3 aliphatic heterocycles. The van der Waals surface area contributed by atoms with Crippen LogP contribution in [0.5, 0.6) is 0 Å². The quantitative estimate of drug-likeness (QED) is 0.780. The van der Waals surface area contributed by atoms with Crippen molar-refractivity contribution < 1.29 is 14.3 Å². The summed E-state index contributed by atoms with van der Waals surface area (Å²) in [5.74, 6) is 0.467.